The molecule has 1 atom stereocenters. The predicted octanol–water partition coefficient (Wildman–Crippen LogP) is 1.96. The highest BCUT2D eigenvalue weighted by molar-refractivity contribution is 7.99. The zero-order valence-electron chi connectivity index (χ0n) is 10.2. The Labute approximate surface area is 104 Å². The van der Waals surface area contributed by atoms with Crippen LogP contribution < -0.4 is 5.32 Å². The monoisotopic (exact) mass is 240 g/mol. The van der Waals surface area contributed by atoms with E-state index in [1.54, 1.807) is 0 Å². The van der Waals surface area contributed by atoms with Crippen molar-refractivity contribution in [1.29, 1.82) is 0 Å². The van der Waals surface area contributed by atoms with E-state index >= 15 is 0 Å². The van der Waals surface area contributed by atoms with E-state index in [0.29, 0.717) is 0 Å². The molecule has 0 bridgehead atoms. The Morgan fingerprint density at radius 1 is 1.06 bits per heavy atom. The van der Waals surface area contributed by atoms with Gasteiger partial charge in [-0.25, -0.2) is 0 Å². The Bertz CT molecular complexity index is 224. The lowest BCUT2D eigenvalue weighted by atomic mass is 10.0. The van der Waals surface area contributed by atoms with Gasteiger partial charge in [-0.2, -0.15) is 11.8 Å². The molecule has 1 saturated carbocycles. The molecule has 2 heterocycles. The summed E-state index contributed by atoms with van der Waals surface area (Å²) in [7, 11) is 0. The highest BCUT2D eigenvalue weighted by Crippen LogP contribution is 2.30. The summed E-state index contributed by atoms with van der Waals surface area (Å²) in [6, 6.07) is 1.77. The summed E-state index contributed by atoms with van der Waals surface area (Å²) in [5, 5.41) is 3.81. The van der Waals surface area contributed by atoms with Crippen LogP contribution in [0.1, 0.15) is 32.1 Å². The molecule has 1 aliphatic carbocycles. The van der Waals surface area contributed by atoms with Gasteiger partial charge in [0.25, 0.3) is 0 Å². The minimum atomic E-state index is 0.801. The Morgan fingerprint density at radius 3 is 2.62 bits per heavy atom. The summed E-state index contributed by atoms with van der Waals surface area (Å²) < 4.78 is 0. The second kappa shape index (κ2) is 5.28. The summed E-state index contributed by atoms with van der Waals surface area (Å²) in [5.74, 6) is 3.76. The van der Waals surface area contributed by atoms with Gasteiger partial charge in [0, 0.05) is 25.2 Å². The van der Waals surface area contributed by atoms with Crippen LogP contribution in [0.3, 0.4) is 0 Å². The molecule has 3 rings (SSSR count). The van der Waals surface area contributed by atoms with Crippen LogP contribution in [0.25, 0.3) is 0 Å². The molecule has 0 aromatic heterocycles. The summed E-state index contributed by atoms with van der Waals surface area (Å²) >= 11 is 2.13. The molecule has 3 heteroatoms. The molecule has 2 aliphatic heterocycles. The van der Waals surface area contributed by atoms with Crippen LogP contribution in [0.5, 0.6) is 0 Å². The van der Waals surface area contributed by atoms with Gasteiger partial charge in [-0.05, 0) is 56.1 Å². The molecule has 1 N–H and O–H groups in total. The summed E-state index contributed by atoms with van der Waals surface area (Å²) in [5.41, 5.74) is 0. The predicted molar refractivity (Wildman–Crippen MR) is 71.1 cm³/mol. The van der Waals surface area contributed by atoms with E-state index in [1.807, 2.05) is 0 Å². The average molecular weight is 240 g/mol. The third-order valence-corrected chi connectivity index (χ3v) is 5.37. The first-order valence-electron chi connectivity index (χ1n) is 6.97. The minimum absolute atomic E-state index is 0.801. The van der Waals surface area contributed by atoms with Crippen LogP contribution in [0, 0.1) is 5.92 Å². The first-order chi connectivity index (χ1) is 7.92. The molecule has 16 heavy (non-hydrogen) atoms. The van der Waals surface area contributed by atoms with E-state index in [9.17, 15) is 0 Å². The van der Waals surface area contributed by atoms with Crippen molar-refractivity contribution in [2.45, 2.75) is 44.2 Å². The van der Waals surface area contributed by atoms with Gasteiger partial charge >= 0.3 is 0 Å². The van der Waals surface area contributed by atoms with Crippen molar-refractivity contribution in [2.75, 3.05) is 31.1 Å². The fraction of sp³-hybridized carbons (Fsp3) is 1.00. The Morgan fingerprint density at radius 2 is 1.88 bits per heavy atom. The van der Waals surface area contributed by atoms with Crippen molar-refractivity contribution in [2.24, 2.45) is 5.92 Å². The number of likely N-dealkylation sites (tertiary alicyclic amines) is 1. The van der Waals surface area contributed by atoms with Gasteiger partial charge in [-0.15, -0.1) is 0 Å². The maximum atomic E-state index is 3.81. The van der Waals surface area contributed by atoms with Gasteiger partial charge in [0.1, 0.15) is 0 Å². The lowest BCUT2D eigenvalue weighted by Gasteiger charge is -2.23. The van der Waals surface area contributed by atoms with Gasteiger partial charge in [0.15, 0.2) is 0 Å². The normalized spacial score (nSPS) is 33.4. The minimum Gasteiger partial charge on any atom is -0.312 e. The van der Waals surface area contributed by atoms with Crippen LogP contribution in [0.15, 0.2) is 0 Å². The second-order valence-corrected chi connectivity index (χ2v) is 6.90. The largest absolute Gasteiger partial charge is 0.312 e. The second-order valence-electron chi connectivity index (χ2n) is 5.68. The summed E-state index contributed by atoms with van der Waals surface area (Å²) in [6.07, 6.45) is 7.20. The number of rotatable bonds is 4. The van der Waals surface area contributed by atoms with Crippen LogP contribution in [0.2, 0.25) is 0 Å². The lowest BCUT2D eigenvalue weighted by Crippen LogP contribution is -2.37. The quantitative estimate of drug-likeness (QED) is 0.809. The molecule has 92 valence electrons. The standard InChI is InChI=1S/C13H24N2S/c1-2-13(1)15-6-3-12(10-15)14-9-11-4-7-16-8-5-11/h11-14H,1-10H2. The van der Waals surface area contributed by atoms with Crippen LogP contribution >= 0.6 is 11.8 Å². The average Bonchev–Trinajstić information content (AvgIpc) is 3.08. The van der Waals surface area contributed by atoms with E-state index in [0.717, 1.165) is 18.0 Å². The van der Waals surface area contributed by atoms with Crippen molar-refractivity contribution in [3.05, 3.63) is 0 Å². The van der Waals surface area contributed by atoms with E-state index in [-0.39, 0.29) is 0 Å². The lowest BCUT2D eigenvalue weighted by molar-refractivity contribution is 0.313. The fourth-order valence-corrected chi connectivity index (χ4v) is 4.21. The Hall–Kier alpha value is 0.270. The van der Waals surface area contributed by atoms with Crippen molar-refractivity contribution in [3.8, 4) is 0 Å². The van der Waals surface area contributed by atoms with Gasteiger partial charge in [-0.1, -0.05) is 0 Å². The van der Waals surface area contributed by atoms with E-state index < -0.39 is 0 Å². The molecule has 2 saturated heterocycles. The topological polar surface area (TPSA) is 15.3 Å². The fourth-order valence-electron chi connectivity index (χ4n) is 3.01. The molecule has 0 radical (unpaired) electrons. The molecule has 0 aromatic rings. The first-order valence-corrected chi connectivity index (χ1v) is 8.12. The van der Waals surface area contributed by atoms with Crippen molar-refractivity contribution in [1.82, 2.24) is 10.2 Å². The molecule has 0 amide bonds. The zero-order valence-corrected chi connectivity index (χ0v) is 11.0. The third-order valence-electron chi connectivity index (χ3n) is 4.32. The SMILES string of the molecule is C1CC(CNC2CCN(C3CC3)C2)CCS1. The van der Waals surface area contributed by atoms with Crippen LogP contribution in [-0.4, -0.2) is 48.1 Å². The Balaban J connectivity index is 1.35. The molecule has 3 fully saturated rings. The summed E-state index contributed by atoms with van der Waals surface area (Å²) in [4.78, 5) is 2.70. The van der Waals surface area contributed by atoms with Crippen molar-refractivity contribution < 1.29 is 0 Å². The number of nitrogens with zero attached hydrogens (tertiary/aromatic N) is 1. The molecule has 0 aromatic carbocycles. The maximum Gasteiger partial charge on any atom is 0.0207 e. The Kier molecular flexibility index (Phi) is 3.75. The molecular weight excluding hydrogens is 216 g/mol. The molecular formula is C13H24N2S. The van der Waals surface area contributed by atoms with Crippen molar-refractivity contribution >= 4 is 11.8 Å². The molecule has 2 nitrogen and oxygen atoms in total. The van der Waals surface area contributed by atoms with E-state index in [1.165, 1.54) is 63.2 Å². The van der Waals surface area contributed by atoms with Crippen LogP contribution in [-0.2, 0) is 0 Å². The highest BCUT2D eigenvalue weighted by Gasteiger charge is 2.34. The molecule has 3 aliphatic rings. The number of hydrogen-bond acceptors (Lipinski definition) is 3. The van der Waals surface area contributed by atoms with Gasteiger partial charge in [0.2, 0.25) is 0 Å². The van der Waals surface area contributed by atoms with Gasteiger partial charge < -0.3 is 5.32 Å². The van der Waals surface area contributed by atoms with Crippen molar-refractivity contribution in [3.63, 3.8) is 0 Å². The zero-order chi connectivity index (χ0) is 10.8. The maximum absolute atomic E-state index is 3.81. The van der Waals surface area contributed by atoms with Gasteiger partial charge in [0.05, 0.1) is 0 Å². The molecule has 1 unspecified atom stereocenters. The van der Waals surface area contributed by atoms with Crippen LogP contribution in [0.4, 0.5) is 0 Å². The number of hydrogen-bond donors (Lipinski definition) is 1. The smallest absolute Gasteiger partial charge is 0.0207 e. The number of nitrogens with one attached hydrogen (secondary N) is 1. The van der Waals surface area contributed by atoms with E-state index in [2.05, 4.69) is 22.0 Å². The highest BCUT2D eigenvalue weighted by atomic mass is 32.2. The van der Waals surface area contributed by atoms with E-state index in [4.69, 9.17) is 0 Å². The number of thioether (sulfide) groups is 1. The molecule has 0 spiro atoms. The first kappa shape index (κ1) is 11.4. The summed E-state index contributed by atoms with van der Waals surface area (Å²) in [6.45, 7) is 3.96. The van der Waals surface area contributed by atoms with Gasteiger partial charge in [-0.3, -0.25) is 4.90 Å². The third kappa shape index (κ3) is 2.93.